The van der Waals surface area contributed by atoms with Gasteiger partial charge in [0, 0.05) is 38.0 Å². The van der Waals surface area contributed by atoms with Crippen LogP contribution in [0.1, 0.15) is 45.0 Å². The Bertz CT molecular complexity index is 1020. The van der Waals surface area contributed by atoms with Crippen molar-refractivity contribution >= 4 is 28.0 Å². The van der Waals surface area contributed by atoms with Gasteiger partial charge in [0.15, 0.2) is 11.9 Å². The number of nitrogens with zero attached hydrogens (tertiary/aromatic N) is 5. The van der Waals surface area contributed by atoms with E-state index in [0.29, 0.717) is 18.2 Å². The molecule has 0 aromatic carbocycles. The minimum atomic E-state index is -0.472. The number of nitrogens with one attached hydrogen (secondary N) is 1. The second kappa shape index (κ2) is 6.91. The molecule has 0 bridgehead atoms. The van der Waals surface area contributed by atoms with Crippen LogP contribution in [0.15, 0.2) is 18.5 Å². The summed E-state index contributed by atoms with van der Waals surface area (Å²) in [6.45, 7) is 4.89. The van der Waals surface area contributed by atoms with E-state index in [1.54, 1.807) is 6.20 Å². The fourth-order valence-corrected chi connectivity index (χ4v) is 3.88. The van der Waals surface area contributed by atoms with Crippen molar-refractivity contribution in [1.82, 2.24) is 19.6 Å². The summed E-state index contributed by atoms with van der Waals surface area (Å²) in [5.74, 6) is 0.789. The van der Waals surface area contributed by atoms with Crippen LogP contribution in [0, 0.1) is 17.2 Å². The molecular weight excluding hydrogens is 344 g/mol. The second-order valence-corrected chi connectivity index (χ2v) is 7.02. The van der Waals surface area contributed by atoms with Gasteiger partial charge in [-0.15, -0.1) is 0 Å². The predicted octanol–water partition coefficient (Wildman–Crippen LogP) is 2.80. The molecule has 0 aliphatic carbocycles. The molecule has 0 amide bonds. The van der Waals surface area contributed by atoms with E-state index in [2.05, 4.69) is 25.7 Å². The first-order valence-corrected chi connectivity index (χ1v) is 9.22. The summed E-state index contributed by atoms with van der Waals surface area (Å²) in [7, 11) is 0. The number of piperidine rings is 1. The fraction of sp³-hybridized carbons (Fsp3) is 0.474. The number of carbonyl (C=O) groups excluding carboxylic acids is 1. The van der Waals surface area contributed by atoms with E-state index in [0.717, 1.165) is 48.0 Å². The highest BCUT2D eigenvalue weighted by molar-refractivity contribution is 6.01. The van der Waals surface area contributed by atoms with Crippen LogP contribution in [0.25, 0.3) is 22.1 Å². The molecule has 0 spiro atoms. The van der Waals surface area contributed by atoms with E-state index in [-0.39, 0.29) is 5.97 Å². The highest BCUT2D eigenvalue weighted by Gasteiger charge is 2.27. The SMILES string of the molecule is CC(=O)O[C@H](C)c1nc2cnc3[nH]ccc3c2n1N1CCC(CC#N)CC1. The van der Waals surface area contributed by atoms with Crippen LogP contribution >= 0.6 is 0 Å². The summed E-state index contributed by atoms with van der Waals surface area (Å²) in [5, 5.41) is 12.2. The van der Waals surface area contributed by atoms with Crippen LogP contribution in [0.4, 0.5) is 0 Å². The highest BCUT2D eigenvalue weighted by Crippen LogP contribution is 2.30. The van der Waals surface area contributed by atoms with Crippen LogP contribution in [0.5, 0.6) is 0 Å². The van der Waals surface area contributed by atoms with Crippen molar-refractivity contribution in [3.05, 3.63) is 24.3 Å². The molecule has 4 rings (SSSR count). The molecule has 140 valence electrons. The monoisotopic (exact) mass is 366 g/mol. The third-order valence-electron chi connectivity index (χ3n) is 5.16. The summed E-state index contributed by atoms with van der Waals surface area (Å²) in [6, 6.07) is 4.27. The number of carbonyl (C=O) groups is 1. The summed E-state index contributed by atoms with van der Waals surface area (Å²) in [6.07, 6.45) is 5.65. The molecule has 4 heterocycles. The maximum absolute atomic E-state index is 11.5. The lowest BCUT2D eigenvalue weighted by atomic mass is 9.95. The van der Waals surface area contributed by atoms with Gasteiger partial charge in [-0.3, -0.25) is 4.79 Å². The number of imidazole rings is 1. The number of pyridine rings is 1. The van der Waals surface area contributed by atoms with Gasteiger partial charge in [0.2, 0.25) is 0 Å². The summed E-state index contributed by atoms with van der Waals surface area (Å²) in [4.78, 5) is 23.8. The molecule has 3 aromatic rings. The second-order valence-electron chi connectivity index (χ2n) is 7.02. The van der Waals surface area contributed by atoms with Crippen molar-refractivity contribution in [3.63, 3.8) is 0 Å². The van der Waals surface area contributed by atoms with Gasteiger partial charge in [-0.2, -0.15) is 5.26 Å². The first-order valence-electron chi connectivity index (χ1n) is 9.22. The number of hydrogen-bond donors (Lipinski definition) is 1. The molecule has 1 aliphatic rings. The topological polar surface area (TPSA) is 99.8 Å². The van der Waals surface area contributed by atoms with Gasteiger partial charge in [-0.05, 0) is 31.7 Å². The molecule has 8 heteroatoms. The fourth-order valence-electron chi connectivity index (χ4n) is 3.88. The molecule has 1 atom stereocenters. The van der Waals surface area contributed by atoms with Crippen LogP contribution in [-0.4, -0.2) is 38.7 Å². The maximum Gasteiger partial charge on any atom is 0.303 e. The van der Waals surface area contributed by atoms with Crippen molar-refractivity contribution in [2.45, 2.75) is 39.2 Å². The van der Waals surface area contributed by atoms with Gasteiger partial charge in [-0.1, -0.05) is 0 Å². The average molecular weight is 366 g/mol. The standard InChI is InChI=1S/C19H22N6O2/c1-12(27-13(2)26)19-23-16-11-22-18-15(4-8-21-18)17(16)25(19)24-9-5-14(3-7-20)6-10-24/h4,8,11-12,14H,3,5-6,9-10H2,1-2H3,(H,21,22)/t12-/m1/s1. The Kier molecular flexibility index (Phi) is 4.44. The summed E-state index contributed by atoms with van der Waals surface area (Å²) in [5.41, 5.74) is 2.54. The van der Waals surface area contributed by atoms with E-state index in [4.69, 9.17) is 15.0 Å². The van der Waals surface area contributed by atoms with Gasteiger partial charge in [0.05, 0.1) is 12.3 Å². The minimum absolute atomic E-state index is 0.334. The Balaban J connectivity index is 1.81. The lowest BCUT2D eigenvalue weighted by Crippen LogP contribution is -2.43. The van der Waals surface area contributed by atoms with E-state index >= 15 is 0 Å². The largest absolute Gasteiger partial charge is 0.455 e. The third-order valence-corrected chi connectivity index (χ3v) is 5.16. The molecule has 0 saturated carbocycles. The Hall–Kier alpha value is -3.08. The molecule has 1 saturated heterocycles. The molecule has 8 nitrogen and oxygen atoms in total. The molecule has 1 N–H and O–H groups in total. The van der Waals surface area contributed by atoms with Crippen molar-refractivity contribution in [2.75, 3.05) is 18.1 Å². The van der Waals surface area contributed by atoms with Crippen molar-refractivity contribution in [1.29, 1.82) is 5.26 Å². The maximum atomic E-state index is 11.5. The zero-order valence-electron chi connectivity index (χ0n) is 15.5. The average Bonchev–Trinajstić information content (AvgIpc) is 3.26. The quantitative estimate of drug-likeness (QED) is 0.713. The number of aromatic nitrogens is 4. The van der Waals surface area contributed by atoms with Crippen LogP contribution in [0.3, 0.4) is 0 Å². The normalized spacial score (nSPS) is 16.6. The van der Waals surface area contributed by atoms with Gasteiger partial charge >= 0.3 is 5.97 Å². The van der Waals surface area contributed by atoms with Crippen molar-refractivity contribution in [3.8, 4) is 6.07 Å². The first-order chi connectivity index (χ1) is 13.1. The van der Waals surface area contributed by atoms with Crippen LogP contribution < -0.4 is 5.01 Å². The lowest BCUT2D eigenvalue weighted by molar-refractivity contribution is -0.146. The van der Waals surface area contributed by atoms with E-state index in [1.807, 2.05) is 19.2 Å². The number of rotatable bonds is 4. The highest BCUT2D eigenvalue weighted by atomic mass is 16.5. The lowest BCUT2D eigenvalue weighted by Gasteiger charge is -2.35. The van der Waals surface area contributed by atoms with E-state index < -0.39 is 6.10 Å². The van der Waals surface area contributed by atoms with E-state index in [1.165, 1.54) is 6.92 Å². The molecule has 3 aromatic heterocycles. The van der Waals surface area contributed by atoms with Gasteiger partial charge in [0.25, 0.3) is 0 Å². The molecular formula is C19H22N6O2. The Labute approximate surface area is 156 Å². The van der Waals surface area contributed by atoms with Crippen LogP contribution in [0.2, 0.25) is 0 Å². The number of fused-ring (bicyclic) bond motifs is 3. The zero-order chi connectivity index (χ0) is 19.0. The van der Waals surface area contributed by atoms with Gasteiger partial charge < -0.3 is 14.7 Å². The molecule has 0 radical (unpaired) electrons. The van der Waals surface area contributed by atoms with Gasteiger partial charge in [0.1, 0.15) is 16.7 Å². The Morgan fingerprint density at radius 3 is 2.96 bits per heavy atom. The number of esters is 1. The Morgan fingerprint density at radius 2 is 2.26 bits per heavy atom. The molecule has 1 fully saturated rings. The molecule has 1 aliphatic heterocycles. The first kappa shape index (κ1) is 17.3. The van der Waals surface area contributed by atoms with Crippen molar-refractivity contribution in [2.24, 2.45) is 5.92 Å². The zero-order valence-corrected chi connectivity index (χ0v) is 15.5. The van der Waals surface area contributed by atoms with Crippen molar-refractivity contribution < 1.29 is 9.53 Å². The number of ether oxygens (including phenoxy) is 1. The van der Waals surface area contributed by atoms with E-state index in [9.17, 15) is 4.79 Å². The number of nitriles is 1. The summed E-state index contributed by atoms with van der Waals surface area (Å²) < 4.78 is 7.52. The summed E-state index contributed by atoms with van der Waals surface area (Å²) >= 11 is 0. The van der Waals surface area contributed by atoms with Gasteiger partial charge in [-0.25, -0.2) is 14.6 Å². The minimum Gasteiger partial charge on any atom is -0.455 e. The molecule has 0 unspecified atom stereocenters. The van der Waals surface area contributed by atoms with Crippen LogP contribution in [-0.2, 0) is 9.53 Å². The molecule has 27 heavy (non-hydrogen) atoms. The third kappa shape index (κ3) is 3.10. The predicted molar refractivity (Wildman–Crippen MR) is 100 cm³/mol. The number of H-pyrrole nitrogens is 1. The number of aromatic amines is 1. The Morgan fingerprint density at radius 1 is 1.48 bits per heavy atom. The smallest absolute Gasteiger partial charge is 0.303 e. The number of hydrogen-bond acceptors (Lipinski definition) is 6.